The molecule has 2 aromatic rings. The Hall–Kier alpha value is -4.22. The molecule has 216 valence electrons. The zero-order chi connectivity index (χ0) is 29.2. The van der Waals surface area contributed by atoms with Gasteiger partial charge >= 0.3 is 6.09 Å². The molecule has 12 nitrogen and oxygen atoms in total. The van der Waals surface area contributed by atoms with Gasteiger partial charge in [0.05, 0.1) is 12.0 Å². The number of carbonyl (C=O) groups excluding carboxylic acids is 5. The van der Waals surface area contributed by atoms with Crippen LogP contribution in [0.3, 0.4) is 0 Å². The lowest BCUT2D eigenvalue weighted by atomic mass is 9.99. The van der Waals surface area contributed by atoms with Gasteiger partial charge in [-0.1, -0.05) is 58.0 Å². The van der Waals surface area contributed by atoms with Gasteiger partial charge in [-0.15, -0.1) is 0 Å². The van der Waals surface area contributed by atoms with E-state index in [0.29, 0.717) is 12.2 Å². The molecule has 0 spiro atoms. The van der Waals surface area contributed by atoms with E-state index in [9.17, 15) is 24.0 Å². The number of fused-ring (bicyclic) bond motifs is 2. The zero-order valence-electron chi connectivity index (χ0n) is 23.3. The van der Waals surface area contributed by atoms with E-state index in [0.717, 1.165) is 5.56 Å². The summed E-state index contributed by atoms with van der Waals surface area (Å²) in [7, 11) is 0. The van der Waals surface area contributed by atoms with Crippen LogP contribution >= 0.6 is 0 Å². The van der Waals surface area contributed by atoms with E-state index in [-0.39, 0.29) is 37.8 Å². The predicted octanol–water partition coefficient (Wildman–Crippen LogP) is 1.09. The van der Waals surface area contributed by atoms with Crippen molar-refractivity contribution < 1.29 is 28.7 Å². The fourth-order valence-corrected chi connectivity index (χ4v) is 4.26. The number of ether oxygens (including phenoxy) is 1. The third kappa shape index (κ3) is 8.92. The van der Waals surface area contributed by atoms with Crippen molar-refractivity contribution >= 4 is 29.6 Å². The fourth-order valence-electron chi connectivity index (χ4n) is 4.26. The van der Waals surface area contributed by atoms with Crippen LogP contribution in [0.1, 0.15) is 45.4 Å². The minimum Gasteiger partial charge on any atom is -0.445 e. The number of hydrogen-bond acceptors (Lipinski definition) is 7. The highest BCUT2D eigenvalue weighted by Crippen LogP contribution is 2.11. The third-order valence-corrected chi connectivity index (χ3v) is 6.39. The molecule has 3 unspecified atom stereocenters. The first-order chi connectivity index (χ1) is 19.0. The summed E-state index contributed by atoms with van der Waals surface area (Å²) in [6.07, 6.45) is 2.88. The van der Waals surface area contributed by atoms with Crippen LogP contribution in [0.2, 0.25) is 0 Å². The molecular formula is C28H38N6O6. The summed E-state index contributed by atoms with van der Waals surface area (Å²) in [4.78, 5) is 68.6. The van der Waals surface area contributed by atoms with Gasteiger partial charge in [0.2, 0.25) is 17.6 Å². The van der Waals surface area contributed by atoms with E-state index in [1.54, 1.807) is 30.9 Å². The van der Waals surface area contributed by atoms with Gasteiger partial charge in [-0.2, -0.15) is 0 Å². The van der Waals surface area contributed by atoms with E-state index < -0.39 is 47.7 Å². The molecule has 1 aromatic heterocycles. The summed E-state index contributed by atoms with van der Waals surface area (Å²) in [5.41, 5.74) is 1.35. The second-order valence-electron chi connectivity index (χ2n) is 10.6. The number of amides is 4. The molecule has 12 heteroatoms. The standard InChI is InChI=1S/C28H38N6O6/c1-17(2)12-22(25(36)31-21-13-20-14-34(16-30-20)11-10-29-27(38)24(21)35)32-26(37)23(18(3)4)33-28(39)40-15-19-8-6-5-7-9-19/h5-9,14,16-18,21-23H,10-13,15H2,1-4H3,(H,29,38)(H,31,36)(H,32,37)(H,33,39). The van der Waals surface area contributed by atoms with Crippen LogP contribution < -0.4 is 21.3 Å². The second-order valence-corrected chi connectivity index (χ2v) is 10.6. The number of benzene rings is 1. The van der Waals surface area contributed by atoms with Gasteiger partial charge in [-0.3, -0.25) is 19.2 Å². The number of carbonyl (C=O) groups is 5. The molecule has 3 rings (SSSR count). The van der Waals surface area contributed by atoms with Crippen molar-refractivity contribution in [2.24, 2.45) is 11.8 Å². The molecule has 0 saturated carbocycles. The highest BCUT2D eigenvalue weighted by Gasteiger charge is 2.33. The van der Waals surface area contributed by atoms with Gasteiger partial charge in [0, 0.05) is 25.7 Å². The molecule has 0 fully saturated rings. The van der Waals surface area contributed by atoms with E-state index in [1.165, 1.54) is 0 Å². The van der Waals surface area contributed by atoms with Gasteiger partial charge < -0.3 is 30.6 Å². The number of Topliss-reactive ketones (excluding diaryl/α,β-unsaturated/α-hetero) is 1. The van der Waals surface area contributed by atoms with Crippen molar-refractivity contribution in [2.45, 2.75) is 71.8 Å². The normalized spacial score (nSPS) is 17.0. The Morgan fingerprint density at radius 3 is 2.48 bits per heavy atom. The van der Waals surface area contributed by atoms with Crippen LogP contribution in [0.25, 0.3) is 0 Å². The number of nitrogens with zero attached hydrogens (tertiary/aromatic N) is 2. The SMILES string of the molecule is CC(C)CC(NC(=O)C(NC(=O)OCc1ccccc1)C(C)C)C(=O)NC1Cc2cn(cn2)CCNC(=O)C1=O. The van der Waals surface area contributed by atoms with E-state index >= 15 is 0 Å². The summed E-state index contributed by atoms with van der Waals surface area (Å²) >= 11 is 0. The van der Waals surface area contributed by atoms with Crippen LogP contribution in [0.15, 0.2) is 42.9 Å². The summed E-state index contributed by atoms with van der Waals surface area (Å²) in [6.45, 7) is 8.05. The summed E-state index contributed by atoms with van der Waals surface area (Å²) in [6, 6.07) is 5.98. The van der Waals surface area contributed by atoms with Crippen LogP contribution in [0, 0.1) is 11.8 Å². The number of ketones is 1. The number of hydrogen-bond donors (Lipinski definition) is 4. The molecule has 3 atom stereocenters. The molecule has 0 aliphatic carbocycles. The Bertz CT molecular complexity index is 1190. The molecule has 1 aliphatic rings. The number of aromatic nitrogens is 2. The summed E-state index contributed by atoms with van der Waals surface area (Å²) in [5, 5.41) is 10.5. The molecule has 40 heavy (non-hydrogen) atoms. The van der Waals surface area contributed by atoms with Gasteiger partial charge in [0.1, 0.15) is 24.7 Å². The first-order valence-electron chi connectivity index (χ1n) is 13.4. The van der Waals surface area contributed by atoms with Crippen LogP contribution in [0.4, 0.5) is 4.79 Å². The predicted molar refractivity (Wildman–Crippen MR) is 146 cm³/mol. The van der Waals surface area contributed by atoms with E-state index in [1.807, 2.05) is 44.2 Å². The lowest BCUT2D eigenvalue weighted by Gasteiger charge is -2.27. The first kappa shape index (κ1) is 30.3. The van der Waals surface area contributed by atoms with Crippen molar-refractivity contribution in [1.82, 2.24) is 30.8 Å². The molecule has 0 saturated heterocycles. The van der Waals surface area contributed by atoms with E-state index in [2.05, 4.69) is 26.3 Å². The molecular weight excluding hydrogens is 516 g/mol. The van der Waals surface area contributed by atoms with Gasteiger partial charge in [-0.25, -0.2) is 9.78 Å². The minimum atomic E-state index is -1.16. The highest BCUT2D eigenvalue weighted by atomic mass is 16.5. The molecule has 2 heterocycles. The minimum absolute atomic E-state index is 0.0103. The Morgan fingerprint density at radius 1 is 1.07 bits per heavy atom. The van der Waals surface area contributed by atoms with Crippen LogP contribution in [0.5, 0.6) is 0 Å². The van der Waals surface area contributed by atoms with Crippen molar-refractivity contribution in [3.8, 4) is 0 Å². The first-order valence-corrected chi connectivity index (χ1v) is 13.4. The maximum absolute atomic E-state index is 13.4. The Balaban J connectivity index is 1.68. The molecule has 4 amide bonds. The summed E-state index contributed by atoms with van der Waals surface area (Å²) < 4.78 is 7.05. The zero-order valence-corrected chi connectivity index (χ0v) is 23.3. The Morgan fingerprint density at radius 2 is 1.80 bits per heavy atom. The highest BCUT2D eigenvalue weighted by molar-refractivity contribution is 6.38. The average molecular weight is 555 g/mol. The molecule has 1 aromatic carbocycles. The van der Waals surface area contributed by atoms with Crippen LogP contribution in [-0.2, 0) is 43.5 Å². The number of rotatable bonds is 10. The largest absolute Gasteiger partial charge is 0.445 e. The monoisotopic (exact) mass is 554 g/mol. The van der Waals surface area contributed by atoms with Crippen molar-refractivity contribution in [3.05, 3.63) is 54.1 Å². The van der Waals surface area contributed by atoms with Crippen molar-refractivity contribution in [2.75, 3.05) is 6.54 Å². The van der Waals surface area contributed by atoms with E-state index in [4.69, 9.17) is 4.74 Å². The topological polar surface area (TPSA) is 161 Å². The molecule has 4 N–H and O–H groups in total. The second kappa shape index (κ2) is 14.2. The average Bonchev–Trinajstić information content (AvgIpc) is 3.35. The maximum Gasteiger partial charge on any atom is 0.408 e. The summed E-state index contributed by atoms with van der Waals surface area (Å²) in [5.74, 6) is -3.07. The Kier molecular flexibility index (Phi) is 10.8. The molecule has 0 radical (unpaired) electrons. The lowest BCUT2D eigenvalue weighted by molar-refractivity contribution is -0.140. The fraction of sp³-hybridized carbons (Fsp3) is 0.500. The number of nitrogens with one attached hydrogen (secondary N) is 4. The smallest absolute Gasteiger partial charge is 0.408 e. The van der Waals surface area contributed by atoms with Crippen molar-refractivity contribution in [3.63, 3.8) is 0 Å². The van der Waals surface area contributed by atoms with Crippen molar-refractivity contribution in [1.29, 1.82) is 0 Å². The number of imidazole rings is 1. The molecule has 2 bridgehead atoms. The van der Waals surface area contributed by atoms with Gasteiger partial charge in [0.15, 0.2) is 0 Å². The third-order valence-electron chi connectivity index (χ3n) is 6.39. The van der Waals surface area contributed by atoms with Crippen LogP contribution in [-0.4, -0.2) is 63.8 Å². The quantitative estimate of drug-likeness (QED) is 0.320. The maximum atomic E-state index is 13.4. The van der Waals surface area contributed by atoms with Gasteiger partial charge in [0.25, 0.3) is 5.91 Å². The molecule has 1 aliphatic heterocycles. The number of alkyl carbamates (subject to hydrolysis) is 1. The lowest BCUT2D eigenvalue weighted by Crippen LogP contribution is -2.58. The Labute approximate surface area is 233 Å². The van der Waals surface area contributed by atoms with Gasteiger partial charge in [-0.05, 0) is 23.8 Å².